The molecule has 2 aromatic rings. The van der Waals surface area contributed by atoms with Crippen LogP contribution in [0.25, 0.3) is 6.08 Å². The molecule has 130 valence electrons. The molecule has 0 bridgehead atoms. The van der Waals surface area contributed by atoms with Crippen molar-refractivity contribution in [1.29, 1.82) is 5.26 Å². The molecule has 8 heteroatoms. The zero-order chi connectivity index (χ0) is 18.2. The van der Waals surface area contributed by atoms with Crippen LogP contribution in [0, 0.1) is 11.3 Å². The number of rotatable bonds is 7. The van der Waals surface area contributed by atoms with Crippen LogP contribution in [0.15, 0.2) is 23.8 Å². The summed E-state index contributed by atoms with van der Waals surface area (Å²) in [6.07, 6.45) is 2.22. The molecule has 7 nitrogen and oxygen atoms in total. The molecule has 1 aromatic carbocycles. The van der Waals surface area contributed by atoms with Crippen LogP contribution in [0.5, 0.6) is 11.5 Å². The van der Waals surface area contributed by atoms with E-state index in [0.29, 0.717) is 28.8 Å². The van der Waals surface area contributed by atoms with Crippen molar-refractivity contribution in [2.75, 3.05) is 19.0 Å². The van der Waals surface area contributed by atoms with E-state index in [0.717, 1.165) is 11.4 Å². The van der Waals surface area contributed by atoms with E-state index < -0.39 is 5.91 Å². The van der Waals surface area contributed by atoms with E-state index in [4.69, 9.17) is 9.47 Å². The minimum atomic E-state index is -0.532. The van der Waals surface area contributed by atoms with Gasteiger partial charge in [0, 0.05) is 0 Å². The molecular formula is C17H18N4O3S. The minimum Gasteiger partial charge on any atom is -0.493 e. The maximum Gasteiger partial charge on any atom is 0.268 e. The van der Waals surface area contributed by atoms with Crippen LogP contribution >= 0.6 is 11.3 Å². The smallest absolute Gasteiger partial charge is 0.268 e. The summed E-state index contributed by atoms with van der Waals surface area (Å²) in [4.78, 5) is 12.3. The lowest BCUT2D eigenvalue weighted by Gasteiger charge is -2.09. The minimum absolute atomic E-state index is 0.0409. The Morgan fingerprint density at radius 2 is 2.16 bits per heavy atom. The fourth-order valence-electron chi connectivity index (χ4n) is 1.98. The van der Waals surface area contributed by atoms with Gasteiger partial charge in [-0.2, -0.15) is 5.26 Å². The summed E-state index contributed by atoms with van der Waals surface area (Å²) in [7, 11) is 1.55. The maximum absolute atomic E-state index is 12.3. The van der Waals surface area contributed by atoms with Gasteiger partial charge in [-0.15, -0.1) is 10.2 Å². The highest BCUT2D eigenvalue weighted by Gasteiger charge is 2.13. The van der Waals surface area contributed by atoms with Crippen LogP contribution in [0.3, 0.4) is 0 Å². The number of methoxy groups -OCH3 is 1. The number of anilines is 1. The Labute approximate surface area is 149 Å². The lowest BCUT2D eigenvalue weighted by atomic mass is 10.1. The number of nitrogens with one attached hydrogen (secondary N) is 1. The fourth-order valence-corrected chi connectivity index (χ4v) is 2.65. The third kappa shape index (κ3) is 4.78. The van der Waals surface area contributed by atoms with E-state index in [2.05, 4.69) is 15.5 Å². The third-order valence-electron chi connectivity index (χ3n) is 3.15. The predicted molar refractivity (Wildman–Crippen MR) is 95.7 cm³/mol. The Kier molecular flexibility index (Phi) is 6.48. The molecule has 1 heterocycles. The van der Waals surface area contributed by atoms with Crippen molar-refractivity contribution >= 4 is 28.5 Å². The van der Waals surface area contributed by atoms with Crippen molar-refractivity contribution < 1.29 is 14.3 Å². The summed E-state index contributed by atoms with van der Waals surface area (Å²) in [5.74, 6) is 0.603. The normalized spacial score (nSPS) is 10.9. The first-order valence-corrected chi connectivity index (χ1v) is 8.49. The highest BCUT2D eigenvalue weighted by atomic mass is 32.1. The molecule has 2 rings (SSSR count). The van der Waals surface area contributed by atoms with Crippen molar-refractivity contribution in [2.24, 2.45) is 0 Å². The van der Waals surface area contributed by atoms with E-state index in [1.54, 1.807) is 25.3 Å². The van der Waals surface area contributed by atoms with Crippen LogP contribution in [0.1, 0.15) is 24.4 Å². The number of carbonyl (C=O) groups excluding carboxylic acids is 1. The Morgan fingerprint density at radius 1 is 1.36 bits per heavy atom. The molecule has 0 fully saturated rings. The van der Waals surface area contributed by atoms with Gasteiger partial charge in [0.15, 0.2) is 11.5 Å². The van der Waals surface area contributed by atoms with Gasteiger partial charge in [-0.25, -0.2) is 0 Å². The molecule has 0 radical (unpaired) electrons. The Bertz CT molecular complexity index is 824. The monoisotopic (exact) mass is 358 g/mol. The molecular weight excluding hydrogens is 340 g/mol. The van der Waals surface area contributed by atoms with E-state index in [-0.39, 0.29) is 5.57 Å². The SMILES string of the molecule is CCOc1cc(/C=C(/C#N)C(=O)Nc2nnc(CC)s2)ccc1OC. The number of ether oxygens (including phenoxy) is 2. The van der Waals surface area contributed by atoms with E-state index in [1.807, 2.05) is 19.9 Å². The molecule has 1 N–H and O–H groups in total. The van der Waals surface area contributed by atoms with Gasteiger partial charge in [-0.1, -0.05) is 24.3 Å². The summed E-state index contributed by atoms with van der Waals surface area (Å²) in [6.45, 7) is 4.29. The van der Waals surface area contributed by atoms with Crippen LogP contribution in [0.2, 0.25) is 0 Å². The predicted octanol–water partition coefficient (Wildman–Crippen LogP) is 3.05. The van der Waals surface area contributed by atoms with Crippen molar-refractivity contribution in [3.05, 3.63) is 34.3 Å². The van der Waals surface area contributed by atoms with Crippen LogP contribution < -0.4 is 14.8 Å². The third-order valence-corrected chi connectivity index (χ3v) is 4.14. The first-order chi connectivity index (χ1) is 12.1. The summed E-state index contributed by atoms with van der Waals surface area (Å²) < 4.78 is 10.7. The summed E-state index contributed by atoms with van der Waals surface area (Å²) >= 11 is 1.28. The van der Waals surface area contributed by atoms with Crippen molar-refractivity contribution in [1.82, 2.24) is 10.2 Å². The largest absolute Gasteiger partial charge is 0.493 e. The van der Waals surface area contributed by atoms with Crippen LogP contribution in [-0.4, -0.2) is 29.8 Å². The molecule has 0 unspecified atom stereocenters. The number of aromatic nitrogens is 2. The topological polar surface area (TPSA) is 97.1 Å². The average Bonchev–Trinajstić information content (AvgIpc) is 3.07. The van der Waals surface area contributed by atoms with Gasteiger partial charge in [-0.3, -0.25) is 10.1 Å². The van der Waals surface area contributed by atoms with Gasteiger partial charge in [0.05, 0.1) is 13.7 Å². The highest BCUT2D eigenvalue weighted by Crippen LogP contribution is 2.29. The first kappa shape index (κ1) is 18.4. The van der Waals surface area contributed by atoms with Crippen molar-refractivity contribution in [3.63, 3.8) is 0 Å². The Balaban J connectivity index is 2.22. The van der Waals surface area contributed by atoms with E-state index >= 15 is 0 Å². The van der Waals surface area contributed by atoms with Gasteiger partial charge in [0.2, 0.25) is 5.13 Å². The molecule has 0 spiro atoms. The molecule has 1 amide bonds. The molecule has 0 aliphatic carbocycles. The van der Waals surface area contributed by atoms with Gasteiger partial charge in [0.1, 0.15) is 16.6 Å². The molecule has 0 saturated carbocycles. The standard InChI is InChI=1S/C17H18N4O3S/c1-4-15-20-21-17(25-15)19-16(22)12(10-18)8-11-6-7-13(23-3)14(9-11)24-5-2/h6-9H,4-5H2,1-3H3,(H,19,21,22)/b12-8-. The zero-order valence-electron chi connectivity index (χ0n) is 14.2. The molecule has 25 heavy (non-hydrogen) atoms. The van der Waals surface area contributed by atoms with Gasteiger partial charge in [-0.05, 0) is 37.1 Å². The number of hydrogen-bond donors (Lipinski definition) is 1. The molecule has 0 atom stereocenters. The quantitative estimate of drug-likeness (QED) is 0.603. The number of carbonyl (C=O) groups is 1. The number of aryl methyl sites for hydroxylation is 1. The first-order valence-electron chi connectivity index (χ1n) is 7.67. The van der Waals surface area contributed by atoms with Gasteiger partial charge >= 0.3 is 0 Å². The maximum atomic E-state index is 12.3. The second-order valence-electron chi connectivity index (χ2n) is 4.82. The fraction of sp³-hybridized carbons (Fsp3) is 0.294. The molecule has 1 aromatic heterocycles. The average molecular weight is 358 g/mol. The van der Waals surface area contributed by atoms with Crippen molar-refractivity contribution in [2.45, 2.75) is 20.3 Å². The molecule has 0 aliphatic heterocycles. The number of nitrogens with zero attached hydrogens (tertiary/aromatic N) is 3. The summed E-state index contributed by atoms with van der Waals surface area (Å²) in [5, 5.41) is 20.9. The summed E-state index contributed by atoms with van der Waals surface area (Å²) in [5.41, 5.74) is 0.614. The number of nitriles is 1. The zero-order valence-corrected chi connectivity index (χ0v) is 15.0. The Morgan fingerprint density at radius 3 is 2.76 bits per heavy atom. The lowest BCUT2D eigenvalue weighted by molar-refractivity contribution is -0.112. The number of amides is 1. The van der Waals surface area contributed by atoms with Crippen molar-refractivity contribution in [3.8, 4) is 17.6 Å². The van der Waals surface area contributed by atoms with Gasteiger partial charge in [0.25, 0.3) is 5.91 Å². The number of hydrogen-bond acceptors (Lipinski definition) is 7. The van der Waals surface area contributed by atoms with E-state index in [9.17, 15) is 10.1 Å². The number of benzene rings is 1. The second kappa shape index (κ2) is 8.80. The second-order valence-corrected chi connectivity index (χ2v) is 5.88. The van der Waals surface area contributed by atoms with Gasteiger partial charge < -0.3 is 9.47 Å². The summed E-state index contributed by atoms with van der Waals surface area (Å²) in [6, 6.07) is 7.09. The van der Waals surface area contributed by atoms with Crippen LogP contribution in [-0.2, 0) is 11.2 Å². The lowest BCUT2D eigenvalue weighted by Crippen LogP contribution is -2.13. The van der Waals surface area contributed by atoms with Crippen LogP contribution in [0.4, 0.5) is 5.13 Å². The Hall–Kier alpha value is -2.92. The molecule has 0 saturated heterocycles. The molecule has 0 aliphatic rings. The highest BCUT2D eigenvalue weighted by molar-refractivity contribution is 7.15. The van der Waals surface area contributed by atoms with E-state index in [1.165, 1.54) is 17.4 Å².